The summed E-state index contributed by atoms with van der Waals surface area (Å²) in [6.07, 6.45) is 1.01. The van der Waals surface area contributed by atoms with Gasteiger partial charge in [-0.2, -0.15) is 0 Å². The third-order valence-electron chi connectivity index (χ3n) is 2.19. The summed E-state index contributed by atoms with van der Waals surface area (Å²) < 4.78 is 5.66. The van der Waals surface area contributed by atoms with Gasteiger partial charge in [-0.05, 0) is 20.3 Å². The topological polar surface area (TPSA) is 50.8 Å². The van der Waals surface area contributed by atoms with Crippen molar-refractivity contribution in [2.24, 2.45) is 10.7 Å². The maximum Gasteiger partial charge on any atom is 0.191 e. The second-order valence-corrected chi connectivity index (χ2v) is 3.97. The molecule has 0 saturated carbocycles. The van der Waals surface area contributed by atoms with Gasteiger partial charge in [0.1, 0.15) is 0 Å². The van der Waals surface area contributed by atoms with Crippen LogP contribution in [0.5, 0.6) is 0 Å². The molecule has 0 spiro atoms. The summed E-state index contributed by atoms with van der Waals surface area (Å²) in [6, 6.07) is 0. The lowest BCUT2D eigenvalue weighted by Gasteiger charge is -2.29. The van der Waals surface area contributed by atoms with Crippen molar-refractivity contribution in [3.63, 3.8) is 0 Å². The molecule has 0 bridgehead atoms. The zero-order valence-corrected chi connectivity index (χ0v) is 8.71. The first-order valence-corrected chi connectivity index (χ1v) is 4.66. The van der Waals surface area contributed by atoms with E-state index >= 15 is 0 Å². The summed E-state index contributed by atoms with van der Waals surface area (Å²) in [5.74, 6) is 0.610. The van der Waals surface area contributed by atoms with Gasteiger partial charge < -0.3 is 15.4 Å². The Balaban J connectivity index is 2.65. The Kier molecular flexibility index (Phi) is 3.14. The molecule has 0 unspecified atom stereocenters. The van der Waals surface area contributed by atoms with Gasteiger partial charge in [0, 0.05) is 26.7 Å². The average Bonchev–Trinajstić information content (AvgIpc) is 2.25. The van der Waals surface area contributed by atoms with Gasteiger partial charge >= 0.3 is 0 Å². The van der Waals surface area contributed by atoms with Gasteiger partial charge in [-0.25, -0.2) is 0 Å². The molecule has 0 atom stereocenters. The number of aliphatic imine (C=N–C) groups is 1. The molecule has 0 aromatic rings. The lowest BCUT2D eigenvalue weighted by atomic mass is 10.1. The van der Waals surface area contributed by atoms with Gasteiger partial charge in [0.2, 0.25) is 0 Å². The van der Waals surface area contributed by atoms with Gasteiger partial charge in [0.05, 0.1) is 5.60 Å². The Morgan fingerprint density at radius 1 is 1.54 bits per heavy atom. The normalized spacial score (nSPS) is 24.2. The van der Waals surface area contributed by atoms with Crippen LogP contribution in [0.2, 0.25) is 0 Å². The van der Waals surface area contributed by atoms with Gasteiger partial charge in [-0.1, -0.05) is 0 Å². The van der Waals surface area contributed by atoms with E-state index < -0.39 is 0 Å². The monoisotopic (exact) mass is 185 g/mol. The zero-order valence-electron chi connectivity index (χ0n) is 8.71. The molecule has 4 heteroatoms. The van der Waals surface area contributed by atoms with Crippen molar-refractivity contribution in [2.45, 2.75) is 25.9 Å². The number of nitrogens with zero attached hydrogens (tertiary/aromatic N) is 2. The largest absolute Gasteiger partial charge is 0.374 e. The Bertz CT molecular complexity index is 201. The van der Waals surface area contributed by atoms with Gasteiger partial charge in [-0.3, -0.25) is 4.99 Å². The van der Waals surface area contributed by atoms with Crippen LogP contribution in [0.4, 0.5) is 0 Å². The second-order valence-electron chi connectivity index (χ2n) is 3.97. The summed E-state index contributed by atoms with van der Waals surface area (Å²) in [5, 5.41) is 0. The Labute approximate surface area is 79.8 Å². The third-order valence-corrected chi connectivity index (χ3v) is 2.19. The van der Waals surface area contributed by atoms with E-state index in [9.17, 15) is 0 Å². The molecule has 0 amide bonds. The molecule has 2 N–H and O–H groups in total. The highest BCUT2D eigenvalue weighted by Gasteiger charge is 2.25. The fourth-order valence-corrected chi connectivity index (χ4v) is 1.53. The molecule has 1 aliphatic heterocycles. The summed E-state index contributed by atoms with van der Waals surface area (Å²) in [5.41, 5.74) is 5.64. The molecule has 1 saturated heterocycles. The lowest BCUT2D eigenvalue weighted by Crippen LogP contribution is -2.45. The van der Waals surface area contributed by atoms with Crippen LogP contribution < -0.4 is 5.73 Å². The van der Waals surface area contributed by atoms with Gasteiger partial charge in [0.25, 0.3) is 0 Å². The van der Waals surface area contributed by atoms with Crippen molar-refractivity contribution in [1.29, 1.82) is 0 Å². The smallest absolute Gasteiger partial charge is 0.191 e. The summed E-state index contributed by atoms with van der Waals surface area (Å²) in [4.78, 5) is 6.06. The van der Waals surface area contributed by atoms with Crippen LogP contribution in [0.3, 0.4) is 0 Å². The minimum atomic E-state index is -0.119. The highest BCUT2D eigenvalue weighted by molar-refractivity contribution is 5.78. The maximum atomic E-state index is 5.76. The number of guanidine groups is 1. The van der Waals surface area contributed by atoms with Crippen molar-refractivity contribution in [1.82, 2.24) is 4.90 Å². The van der Waals surface area contributed by atoms with E-state index in [1.54, 1.807) is 7.05 Å². The molecule has 0 aromatic carbocycles. The first kappa shape index (κ1) is 10.3. The van der Waals surface area contributed by atoms with E-state index in [1.807, 2.05) is 0 Å². The highest BCUT2D eigenvalue weighted by Crippen LogP contribution is 2.15. The van der Waals surface area contributed by atoms with E-state index in [0.29, 0.717) is 5.96 Å². The van der Waals surface area contributed by atoms with Crippen LogP contribution in [0.25, 0.3) is 0 Å². The molecule has 1 aliphatic rings. The minimum Gasteiger partial charge on any atom is -0.374 e. The van der Waals surface area contributed by atoms with Crippen LogP contribution >= 0.6 is 0 Å². The molecular weight excluding hydrogens is 166 g/mol. The number of ether oxygens (including phenoxy) is 1. The van der Waals surface area contributed by atoms with E-state index in [0.717, 1.165) is 26.1 Å². The maximum absolute atomic E-state index is 5.76. The Morgan fingerprint density at radius 2 is 2.23 bits per heavy atom. The van der Waals surface area contributed by atoms with Crippen molar-refractivity contribution < 1.29 is 4.74 Å². The average molecular weight is 185 g/mol. The van der Waals surface area contributed by atoms with E-state index in [4.69, 9.17) is 10.5 Å². The molecule has 0 aromatic heterocycles. The Morgan fingerprint density at radius 3 is 2.85 bits per heavy atom. The number of nitrogens with two attached hydrogens (primary N) is 1. The van der Waals surface area contributed by atoms with Crippen molar-refractivity contribution >= 4 is 5.96 Å². The molecule has 1 heterocycles. The van der Waals surface area contributed by atoms with E-state index in [1.165, 1.54) is 0 Å². The Hall–Kier alpha value is -0.770. The predicted octanol–water partition coefficient (Wildman–Crippen LogP) is 0.432. The van der Waals surface area contributed by atoms with Gasteiger partial charge in [0.15, 0.2) is 5.96 Å². The zero-order chi connectivity index (χ0) is 9.90. The first-order valence-electron chi connectivity index (χ1n) is 4.66. The van der Waals surface area contributed by atoms with Gasteiger partial charge in [-0.15, -0.1) is 0 Å². The van der Waals surface area contributed by atoms with Crippen LogP contribution in [0.15, 0.2) is 4.99 Å². The van der Waals surface area contributed by atoms with Crippen LogP contribution in [0.1, 0.15) is 20.3 Å². The quantitative estimate of drug-likeness (QED) is 0.440. The number of hydrogen-bond donors (Lipinski definition) is 1. The molecule has 4 nitrogen and oxygen atoms in total. The third kappa shape index (κ3) is 2.88. The number of hydrogen-bond acceptors (Lipinski definition) is 2. The van der Waals surface area contributed by atoms with Crippen molar-refractivity contribution in [3.05, 3.63) is 0 Å². The molecule has 1 rings (SSSR count). The van der Waals surface area contributed by atoms with Crippen LogP contribution in [-0.2, 0) is 4.74 Å². The van der Waals surface area contributed by atoms with Crippen LogP contribution in [-0.4, -0.2) is 43.2 Å². The molecule has 76 valence electrons. The SMILES string of the molecule is CN=C(N)N1CCCOC(C)(C)C1. The molecule has 13 heavy (non-hydrogen) atoms. The van der Waals surface area contributed by atoms with Crippen LogP contribution in [0, 0.1) is 0 Å². The number of rotatable bonds is 0. The van der Waals surface area contributed by atoms with Crippen molar-refractivity contribution in [2.75, 3.05) is 26.7 Å². The standard InChI is InChI=1S/C9H19N3O/c1-9(2)7-12(8(10)11-3)5-4-6-13-9/h4-7H2,1-3H3,(H2,10,11). The lowest BCUT2D eigenvalue weighted by molar-refractivity contribution is -0.0111. The fourth-order valence-electron chi connectivity index (χ4n) is 1.53. The summed E-state index contributed by atoms with van der Waals surface area (Å²) in [7, 11) is 1.72. The summed E-state index contributed by atoms with van der Waals surface area (Å²) in [6.45, 7) is 6.71. The molecule has 0 radical (unpaired) electrons. The second kappa shape index (κ2) is 3.96. The highest BCUT2D eigenvalue weighted by atomic mass is 16.5. The minimum absolute atomic E-state index is 0.119. The summed E-state index contributed by atoms with van der Waals surface area (Å²) >= 11 is 0. The molecule has 1 fully saturated rings. The predicted molar refractivity (Wildman–Crippen MR) is 53.8 cm³/mol. The van der Waals surface area contributed by atoms with Crippen molar-refractivity contribution in [3.8, 4) is 0 Å². The van der Waals surface area contributed by atoms with E-state index in [-0.39, 0.29) is 5.60 Å². The van der Waals surface area contributed by atoms with E-state index in [2.05, 4.69) is 23.7 Å². The molecule has 0 aliphatic carbocycles. The molecular formula is C9H19N3O. The first-order chi connectivity index (χ1) is 6.05. The fraction of sp³-hybridized carbons (Fsp3) is 0.889.